The predicted octanol–water partition coefficient (Wildman–Crippen LogP) is 4.91. The molecule has 4 unspecified atom stereocenters. The first-order valence-electron chi connectivity index (χ1n) is 12.5. The lowest BCUT2D eigenvalue weighted by atomic mass is 9.76. The fourth-order valence-electron chi connectivity index (χ4n) is 5.25. The van der Waals surface area contributed by atoms with E-state index in [0.717, 1.165) is 0 Å². The molecule has 2 N–H and O–H groups in total. The highest BCUT2D eigenvalue weighted by Crippen LogP contribution is 2.51. The summed E-state index contributed by atoms with van der Waals surface area (Å²) in [6.45, 7) is 3.61. The molecule has 1 fully saturated rings. The van der Waals surface area contributed by atoms with E-state index >= 15 is 0 Å². The van der Waals surface area contributed by atoms with Gasteiger partial charge in [0, 0.05) is 17.5 Å². The molecule has 8 heteroatoms. The molecule has 0 saturated carbocycles. The van der Waals surface area contributed by atoms with E-state index in [4.69, 9.17) is 9.47 Å². The molecule has 198 valence electrons. The summed E-state index contributed by atoms with van der Waals surface area (Å²) in [7, 11) is 3.09. The Labute approximate surface area is 222 Å². The highest BCUT2D eigenvalue weighted by Gasteiger charge is 2.57. The van der Waals surface area contributed by atoms with Gasteiger partial charge < -0.3 is 24.8 Å². The highest BCUT2D eigenvalue weighted by molar-refractivity contribution is 6.01. The molecule has 0 aromatic heterocycles. The number of aliphatic carboxylic acids is 1. The molecule has 0 aliphatic carbocycles. The third-order valence-electron chi connectivity index (χ3n) is 6.89. The monoisotopic (exact) mass is 516 g/mol. The maximum Gasteiger partial charge on any atom is 0.327 e. The van der Waals surface area contributed by atoms with Gasteiger partial charge in [0.25, 0.3) is 0 Å². The highest BCUT2D eigenvalue weighted by atomic mass is 16.5. The van der Waals surface area contributed by atoms with Crippen LogP contribution in [0.15, 0.2) is 78.9 Å². The zero-order valence-electron chi connectivity index (χ0n) is 21.8. The zero-order chi connectivity index (χ0) is 27.4. The average Bonchev–Trinajstić information content (AvgIpc) is 3.29. The summed E-state index contributed by atoms with van der Waals surface area (Å²) >= 11 is 0. The lowest BCUT2D eigenvalue weighted by Gasteiger charge is -2.31. The van der Waals surface area contributed by atoms with Gasteiger partial charge in [-0.15, -0.1) is 0 Å². The summed E-state index contributed by atoms with van der Waals surface area (Å²) in [5.74, 6) is -1.90. The van der Waals surface area contributed by atoms with E-state index < -0.39 is 35.9 Å². The molecule has 1 aliphatic heterocycles. The number of Topliss-reactive ketones (excluding diaryl/α,β-unsaturated/α-hetero) is 1. The van der Waals surface area contributed by atoms with Crippen molar-refractivity contribution in [2.24, 2.45) is 5.92 Å². The summed E-state index contributed by atoms with van der Waals surface area (Å²) < 4.78 is 10.6. The molecule has 1 aliphatic rings. The van der Waals surface area contributed by atoms with Crippen molar-refractivity contribution in [3.63, 3.8) is 0 Å². The summed E-state index contributed by atoms with van der Waals surface area (Å²) in [5, 5.41) is 13.4. The van der Waals surface area contributed by atoms with Gasteiger partial charge in [0.05, 0.1) is 26.2 Å². The number of urea groups is 1. The van der Waals surface area contributed by atoms with Gasteiger partial charge in [0.1, 0.15) is 17.5 Å². The second-order valence-electron chi connectivity index (χ2n) is 9.57. The van der Waals surface area contributed by atoms with Crippen LogP contribution in [-0.2, 0) is 4.79 Å². The number of hydrogen-bond acceptors (Lipinski definition) is 5. The van der Waals surface area contributed by atoms with Crippen LogP contribution >= 0.6 is 0 Å². The molecule has 1 saturated heterocycles. The van der Waals surface area contributed by atoms with E-state index in [9.17, 15) is 19.5 Å². The minimum atomic E-state index is -1.28. The SMILES string of the molecule is COc1ccc(C(=O)C2C(c3ccccc3)C(C(=O)O)N(C(=O)NC(C)C)C2c2ccc(OC)cc2)cc1. The molecule has 4 atom stereocenters. The first-order valence-corrected chi connectivity index (χ1v) is 12.5. The number of ketones is 1. The summed E-state index contributed by atoms with van der Waals surface area (Å²) in [5.41, 5.74) is 1.72. The Hall–Kier alpha value is -4.33. The maximum atomic E-state index is 14.3. The standard InChI is InChI=1S/C30H32N2O6/c1-18(2)31-30(36)32-26(20-10-14-22(37-3)15-11-20)25(28(33)21-12-16-23(38-4)17-13-21)24(27(32)29(34)35)19-8-6-5-7-9-19/h5-18,24-27H,1-4H3,(H,31,36)(H,34,35). The van der Waals surface area contributed by atoms with Crippen molar-refractivity contribution in [3.8, 4) is 11.5 Å². The number of methoxy groups -OCH3 is 2. The van der Waals surface area contributed by atoms with Gasteiger partial charge in [-0.25, -0.2) is 9.59 Å². The third kappa shape index (κ3) is 5.20. The van der Waals surface area contributed by atoms with E-state index in [1.165, 1.54) is 4.90 Å². The largest absolute Gasteiger partial charge is 0.497 e. The van der Waals surface area contributed by atoms with Crippen LogP contribution in [0, 0.1) is 5.92 Å². The van der Waals surface area contributed by atoms with Gasteiger partial charge in [-0.05, 0) is 61.4 Å². The fourth-order valence-corrected chi connectivity index (χ4v) is 5.25. The number of ether oxygens (including phenoxy) is 2. The van der Waals surface area contributed by atoms with Crippen molar-refractivity contribution in [1.82, 2.24) is 10.2 Å². The van der Waals surface area contributed by atoms with Crippen LogP contribution in [0.4, 0.5) is 4.79 Å². The molecular weight excluding hydrogens is 484 g/mol. The first kappa shape index (κ1) is 26.7. The van der Waals surface area contributed by atoms with Crippen LogP contribution in [0.3, 0.4) is 0 Å². The average molecular weight is 517 g/mol. The van der Waals surface area contributed by atoms with E-state index in [-0.39, 0.29) is 11.8 Å². The molecule has 8 nitrogen and oxygen atoms in total. The second kappa shape index (κ2) is 11.4. The van der Waals surface area contributed by atoms with Crippen molar-refractivity contribution in [2.75, 3.05) is 14.2 Å². The molecule has 2 amide bonds. The van der Waals surface area contributed by atoms with E-state index in [0.29, 0.717) is 28.2 Å². The minimum absolute atomic E-state index is 0.236. The van der Waals surface area contributed by atoms with Crippen LogP contribution in [0.1, 0.15) is 47.3 Å². The third-order valence-corrected chi connectivity index (χ3v) is 6.89. The topological polar surface area (TPSA) is 105 Å². The van der Waals surface area contributed by atoms with Crippen LogP contribution in [0.5, 0.6) is 11.5 Å². The van der Waals surface area contributed by atoms with Crippen LogP contribution in [0.25, 0.3) is 0 Å². The number of carbonyl (C=O) groups is 3. The number of rotatable bonds is 8. The number of hydrogen-bond donors (Lipinski definition) is 2. The number of nitrogens with one attached hydrogen (secondary N) is 1. The summed E-state index contributed by atoms with van der Waals surface area (Å²) in [6.07, 6.45) is 0. The number of carboxylic acids is 1. The van der Waals surface area contributed by atoms with Crippen LogP contribution in [0.2, 0.25) is 0 Å². The fraction of sp³-hybridized carbons (Fsp3) is 0.300. The number of amides is 2. The number of carboxylic acid groups (broad SMARTS) is 1. The van der Waals surface area contributed by atoms with Gasteiger partial charge in [-0.3, -0.25) is 4.79 Å². The van der Waals surface area contributed by atoms with E-state index in [2.05, 4.69) is 5.32 Å². The zero-order valence-corrected chi connectivity index (χ0v) is 21.8. The second-order valence-corrected chi connectivity index (χ2v) is 9.57. The van der Waals surface area contributed by atoms with Crippen molar-refractivity contribution in [3.05, 3.63) is 95.6 Å². The predicted molar refractivity (Wildman–Crippen MR) is 143 cm³/mol. The molecular formula is C30H32N2O6. The number of benzene rings is 3. The Balaban J connectivity index is 1.95. The first-order chi connectivity index (χ1) is 18.3. The van der Waals surface area contributed by atoms with Gasteiger partial charge in [0.15, 0.2) is 5.78 Å². The lowest BCUT2D eigenvalue weighted by molar-refractivity contribution is -0.142. The number of likely N-dealkylation sites (tertiary alicyclic amines) is 1. The Bertz CT molecular complexity index is 1270. The Morgan fingerprint density at radius 1 is 0.816 bits per heavy atom. The van der Waals surface area contributed by atoms with Gasteiger partial charge in [-0.2, -0.15) is 0 Å². The van der Waals surface area contributed by atoms with Crippen molar-refractivity contribution in [1.29, 1.82) is 0 Å². The molecule has 4 rings (SSSR count). The molecule has 38 heavy (non-hydrogen) atoms. The van der Waals surface area contributed by atoms with Gasteiger partial charge >= 0.3 is 12.0 Å². The lowest BCUT2D eigenvalue weighted by Crippen LogP contribution is -2.50. The molecule has 3 aromatic rings. The number of nitrogens with zero attached hydrogens (tertiary/aromatic N) is 1. The van der Waals surface area contributed by atoms with Crippen LogP contribution in [-0.4, -0.2) is 54.1 Å². The van der Waals surface area contributed by atoms with Gasteiger partial charge in [-0.1, -0.05) is 42.5 Å². The van der Waals surface area contributed by atoms with Gasteiger partial charge in [0.2, 0.25) is 0 Å². The Kier molecular flexibility index (Phi) is 8.00. The summed E-state index contributed by atoms with van der Waals surface area (Å²) in [6, 6.07) is 19.9. The molecule has 3 aromatic carbocycles. The maximum absolute atomic E-state index is 14.3. The van der Waals surface area contributed by atoms with Crippen molar-refractivity contribution < 1.29 is 29.0 Å². The van der Waals surface area contributed by atoms with Crippen molar-refractivity contribution in [2.45, 2.75) is 37.9 Å². The molecule has 0 radical (unpaired) electrons. The normalized spacial score (nSPS) is 20.7. The smallest absolute Gasteiger partial charge is 0.327 e. The number of carbonyl (C=O) groups excluding carboxylic acids is 2. The molecule has 1 heterocycles. The minimum Gasteiger partial charge on any atom is -0.497 e. The van der Waals surface area contributed by atoms with E-state index in [1.54, 1.807) is 76.6 Å². The van der Waals surface area contributed by atoms with Crippen molar-refractivity contribution >= 4 is 17.8 Å². The quantitative estimate of drug-likeness (QED) is 0.412. The van der Waals surface area contributed by atoms with Crippen LogP contribution < -0.4 is 14.8 Å². The Morgan fingerprint density at radius 2 is 1.37 bits per heavy atom. The van der Waals surface area contributed by atoms with E-state index in [1.807, 2.05) is 30.3 Å². The Morgan fingerprint density at radius 3 is 1.87 bits per heavy atom. The molecule has 0 spiro atoms. The summed E-state index contributed by atoms with van der Waals surface area (Å²) in [4.78, 5) is 42.1. The molecule has 0 bridgehead atoms.